The van der Waals surface area contributed by atoms with Crippen LogP contribution in [0.2, 0.25) is 0 Å². The molecule has 1 saturated heterocycles. The van der Waals surface area contributed by atoms with Crippen LogP contribution in [0.3, 0.4) is 0 Å². The Labute approximate surface area is 133 Å². The third kappa shape index (κ3) is 5.43. The molecule has 1 fully saturated rings. The fraction of sp³-hybridized carbons (Fsp3) is 0.611. The molecule has 1 heterocycles. The van der Waals surface area contributed by atoms with Crippen LogP contribution in [-0.4, -0.2) is 48.2 Å². The number of hydrogen-bond acceptors (Lipinski definition) is 3. The first-order valence-corrected chi connectivity index (χ1v) is 8.30. The molecule has 2 rings (SSSR count). The number of hydrogen-bond donors (Lipinski definition) is 2. The summed E-state index contributed by atoms with van der Waals surface area (Å²) in [5.41, 5.74) is 2.60. The maximum absolute atomic E-state index is 11.9. The summed E-state index contributed by atoms with van der Waals surface area (Å²) in [5, 5.41) is 12.4. The van der Waals surface area contributed by atoms with E-state index in [4.69, 9.17) is 0 Å². The normalized spacial score (nSPS) is 16.9. The molecule has 0 unspecified atom stereocenters. The Morgan fingerprint density at radius 2 is 1.91 bits per heavy atom. The molecule has 122 valence electrons. The zero-order chi connectivity index (χ0) is 15.9. The number of likely N-dealkylation sites (tertiary alicyclic amines) is 1. The van der Waals surface area contributed by atoms with E-state index in [0.29, 0.717) is 19.0 Å². The summed E-state index contributed by atoms with van der Waals surface area (Å²) < 4.78 is 0. The molecular weight excluding hydrogens is 276 g/mol. The second-order valence-electron chi connectivity index (χ2n) is 6.50. The molecule has 0 atom stereocenters. The highest BCUT2D eigenvalue weighted by molar-refractivity contribution is 5.78. The molecule has 1 aromatic rings. The van der Waals surface area contributed by atoms with Crippen LogP contribution >= 0.6 is 0 Å². The van der Waals surface area contributed by atoms with Gasteiger partial charge in [0.15, 0.2) is 0 Å². The maximum atomic E-state index is 11.9. The Hall–Kier alpha value is -1.39. The quantitative estimate of drug-likeness (QED) is 0.844. The number of nitrogens with zero attached hydrogens (tertiary/aromatic N) is 1. The van der Waals surface area contributed by atoms with Gasteiger partial charge in [-0.15, -0.1) is 0 Å². The first-order chi connectivity index (χ1) is 10.5. The van der Waals surface area contributed by atoms with E-state index >= 15 is 0 Å². The predicted octanol–water partition coefficient (Wildman–Crippen LogP) is 1.93. The molecule has 1 amide bonds. The van der Waals surface area contributed by atoms with Crippen LogP contribution in [-0.2, 0) is 11.2 Å². The van der Waals surface area contributed by atoms with Gasteiger partial charge in [0.05, 0.1) is 12.6 Å². The highest BCUT2D eigenvalue weighted by Crippen LogP contribution is 2.14. The Bertz CT molecular complexity index is 462. The lowest BCUT2D eigenvalue weighted by molar-refractivity contribution is -0.122. The number of benzene rings is 1. The number of carbonyl (C=O) groups is 1. The molecule has 2 N–H and O–H groups in total. The fourth-order valence-corrected chi connectivity index (χ4v) is 2.75. The minimum absolute atomic E-state index is 0.0789. The van der Waals surface area contributed by atoms with Crippen LogP contribution in [0.25, 0.3) is 0 Å². The third-order valence-corrected chi connectivity index (χ3v) is 4.31. The van der Waals surface area contributed by atoms with Crippen molar-refractivity contribution in [2.45, 2.75) is 45.1 Å². The van der Waals surface area contributed by atoms with Gasteiger partial charge in [-0.1, -0.05) is 38.1 Å². The van der Waals surface area contributed by atoms with E-state index in [1.54, 1.807) is 0 Å². The van der Waals surface area contributed by atoms with Gasteiger partial charge in [0.1, 0.15) is 0 Å². The number of amides is 1. The highest BCUT2D eigenvalue weighted by Gasteiger charge is 2.18. The summed E-state index contributed by atoms with van der Waals surface area (Å²) in [7, 11) is 0. The van der Waals surface area contributed by atoms with Gasteiger partial charge in [-0.2, -0.15) is 0 Å². The minimum Gasteiger partial charge on any atom is -0.393 e. The molecular formula is C18H28N2O2. The number of nitrogens with one attached hydrogen (secondary N) is 1. The predicted molar refractivity (Wildman–Crippen MR) is 88.9 cm³/mol. The second-order valence-corrected chi connectivity index (χ2v) is 6.50. The van der Waals surface area contributed by atoms with Crippen molar-refractivity contribution in [3.05, 3.63) is 35.4 Å². The van der Waals surface area contributed by atoms with Crippen LogP contribution in [0.1, 0.15) is 43.7 Å². The van der Waals surface area contributed by atoms with Gasteiger partial charge in [-0.05, 0) is 36.3 Å². The molecule has 1 aliphatic rings. The Kier molecular flexibility index (Phi) is 6.40. The minimum atomic E-state index is -0.187. The number of carbonyl (C=O) groups excluding carboxylic acids is 1. The molecule has 0 bridgehead atoms. The van der Waals surface area contributed by atoms with E-state index in [1.807, 2.05) is 0 Å². The van der Waals surface area contributed by atoms with Crippen molar-refractivity contribution >= 4 is 5.91 Å². The van der Waals surface area contributed by atoms with E-state index in [2.05, 4.69) is 48.3 Å². The summed E-state index contributed by atoms with van der Waals surface area (Å²) in [5.74, 6) is 0.631. The van der Waals surface area contributed by atoms with Crippen molar-refractivity contribution in [2.24, 2.45) is 0 Å². The van der Waals surface area contributed by atoms with Crippen molar-refractivity contribution < 1.29 is 9.90 Å². The molecule has 4 heteroatoms. The topological polar surface area (TPSA) is 52.6 Å². The van der Waals surface area contributed by atoms with Gasteiger partial charge < -0.3 is 10.4 Å². The van der Waals surface area contributed by atoms with Gasteiger partial charge in [0, 0.05) is 19.6 Å². The molecule has 4 nitrogen and oxygen atoms in total. The lowest BCUT2D eigenvalue weighted by Gasteiger charge is -2.28. The van der Waals surface area contributed by atoms with Crippen molar-refractivity contribution in [2.75, 3.05) is 26.2 Å². The monoisotopic (exact) mass is 304 g/mol. The Morgan fingerprint density at radius 1 is 1.27 bits per heavy atom. The third-order valence-electron chi connectivity index (χ3n) is 4.31. The molecule has 0 radical (unpaired) electrons. The first kappa shape index (κ1) is 17.0. The summed E-state index contributed by atoms with van der Waals surface area (Å²) in [6, 6.07) is 8.63. The average molecular weight is 304 g/mol. The lowest BCUT2D eigenvalue weighted by atomic mass is 10.0. The zero-order valence-electron chi connectivity index (χ0n) is 13.7. The van der Waals surface area contributed by atoms with Gasteiger partial charge in [0.25, 0.3) is 0 Å². The number of aliphatic hydroxyl groups excluding tert-OH is 1. The van der Waals surface area contributed by atoms with E-state index in [9.17, 15) is 9.90 Å². The SMILES string of the molecule is CC(C)c1ccc(CCNC(=O)CN2CCC(O)CC2)cc1. The van der Waals surface area contributed by atoms with Crippen LogP contribution in [0, 0.1) is 0 Å². The average Bonchev–Trinajstić information content (AvgIpc) is 2.50. The number of aliphatic hydroxyl groups is 1. The van der Waals surface area contributed by atoms with E-state index in [-0.39, 0.29) is 12.0 Å². The van der Waals surface area contributed by atoms with Crippen LogP contribution in [0.4, 0.5) is 0 Å². The van der Waals surface area contributed by atoms with Crippen molar-refractivity contribution in [3.8, 4) is 0 Å². The van der Waals surface area contributed by atoms with Crippen molar-refractivity contribution in [1.82, 2.24) is 10.2 Å². The Balaban J connectivity index is 1.66. The van der Waals surface area contributed by atoms with Gasteiger partial charge in [-0.3, -0.25) is 9.69 Å². The van der Waals surface area contributed by atoms with Crippen molar-refractivity contribution in [3.63, 3.8) is 0 Å². The summed E-state index contributed by atoms with van der Waals surface area (Å²) >= 11 is 0. The molecule has 22 heavy (non-hydrogen) atoms. The van der Waals surface area contributed by atoms with Gasteiger partial charge >= 0.3 is 0 Å². The van der Waals surface area contributed by atoms with Gasteiger partial charge in [-0.25, -0.2) is 0 Å². The molecule has 1 aliphatic heterocycles. The summed E-state index contributed by atoms with van der Waals surface area (Å²) in [6.45, 7) is 7.12. The zero-order valence-corrected chi connectivity index (χ0v) is 13.7. The second kappa shape index (κ2) is 8.30. The molecule has 0 spiro atoms. The number of rotatable bonds is 6. The lowest BCUT2D eigenvalue weighted by Crippen LogP contribution is -2.42. The van der Waals surface area contributed by atoms with Crippen LogP contribution in [0.15, 0.2) is 24.3 Å². The van der Waals surface area contributed by atoms with E-state index < -0.39 is 0 Å². The molecule has 1 aromatic carbocycles. The highest BCUT2D eigenvalue weighted by atomic mass is 16.3. The van der Waals surface area contributed by atoms with Crippen molar-refractivity contribution in [1.29, 1.82) is 0 Å². The first-order valence-electron chi connectivity index (χ1n) is 8.30. The van der Waals surface area contributed by atoms with Crippen LogP contribution in [0.5, 0.6) is 0 Å². The standard InChI is InChI=1S/C18H28N2O2/c1-14(2)16-5-3-15(4-6-16)7-10-19-18(22)13-20-11-8-17(21)9-12-20/h3-6,14,17,21H,7-13H2,1-2H3,(H,19,22). The molecule has 0 aliphatic carbocycles. The fourth-order valence-electron chi connectivity index (χ4n) is 2.75. The summed E-state index contributed by atoms with van der Waals surface area (Å²) in [4.78, 5) is 14.0. The molecule has 0 saturated carbocycles. The number of piperidine rings is 1. The maximum Gasteiger partial charge on any atom is 0.234 e. The smallest absolute Gasteiger partial charge is 0.234 e. The van der Waals surface area contributed by atoms with Crippen LogP contribution < -0.4 is 5.32 Å². The Morgan fingerprint density at radius 3 is 2.50 bits per heavy atom. The summed E-state index contributed by atoms with van der Waals surface area (Å²) in [6.07, 6.45) is 2.22. The van der Waals surface area contributed by atoms with E-state index in [1.165, 1.54) is 11.1 Å². The van der Waals surface area contributed by atoms with E-state index in [0.717, 1.165) is 32.4 Å². The largest absolute Gasteiger partial charge is 0.393 e. The molecule has 0 aromatic heterocycles. The van der Waals surface area contributed by atoms with Gasteiger partial charge in [0.2, 0.25) is 5.91 Å².